The second-order valence-corrected chi connectivity index (χ2v) is 9.74. The molecule has 3 unspecified atom stereocenters. The van der Waals surface area contributed by atoms with E-state index in [2.05, 4.69) is 20.8 Å². The Bertz CT molecular complexity index is 852. The molecule has 3 atom stereocenters. The maximum Gasteiger partial charge on any atom is 0.363 e. The van der Waals surface area contributed by atoms with Gasteiger partial charge < -0.3 is 44.2 Å². The van der Waals surface area contributed by atoms with E-state index in [4.69, 9.17) is 38.9 Å². The minimum atomic E-state index is -2.23. The summed E-state index contributed by atoms with van der Waals surface area (Å²) < 4.78 is 43.5. The Hall–Kier alpha value is -1.50. The molecule has 0 radical (unpaired) electrons. The molecule has 0 aliphatic carbocycles. The summed E-state index contributed by atoms with van der Waals surface area (Å²) in [6.45, 7) is 18.2. The third-order valence-electron chi connectivity index (χ3n) is 6.83. The number of fused-ring (bicyclic) bond motifs is 1. The Kier molecular flexibility index (Phi) is 11.8. The first-order valence-corrected chi connectivity index (χ1v) is 13.8. The highest BCUT2D eigenvalue weighted by Gasteiger charge is 2.69. The molecule has 0 saturated heterocycles. The first kappa shape index (κ1) is 32.7. The normalized spacial score (nSPS) is 20.6. The topological polar surface area (TPSA) is 114 Å². The molecule has 220 valence electrons. The van der Waals surface area contributed by atoms with Gasteiger partial charge in [0.15, 0.2) is 0 Å². The highest BCUT2D eigenvalue weighted by atomic mass is 17.0. The fraction of sp³-hybridized carbons (Fsp3) is 0.786. The Labute approximate surface area is 228 Å². The van der Waals surface area contributed by atoms with Crippen molar-refractivity contribution in [1.82, 2.24) is 0 Å². The van der Waals surface area contributed by atoms with Crippen molar-refractivity contribution in [3.05, 3.63) is 23.8 Å². The van der Waals surface area contributed by atoms with Crippen molar-refractivity contribution in [3.63, 3.8) is 0 Å². The highest BCUT2D eigenvalue weighted by molar-refractivity contribution is 5.64. The van der Waals surface area contributed by atoms with Crippen LogP contribution in [0.2, 0.25) is 0 Å². The first-order valence-electron chi connectivity index (χ1n) is 13.8. The van der Waals surface area contributed by atoms with E-state index in [0.29, 0.717) is 12.3 Å². The van der Waals surface area contributed by atoms with Crippen LogP contribution in [0.1, 0.15) is 67.9 Å². The molecule has 10 heteroatoms. The standard InChI is InChI=1S/C28H50N2O8/c1-10-32-20-26(31,33-11-2)38-27(34-12-3,28(35-13-4,36-14-5)37-15-6)30-24-17-16-23(29)19-22(24)18-21(7)25(30,8)9/h16-17,19,21,31H,10-15,18,20,29H2,1-9H3. The molecule has 0 saturated carbocycles. The summed E-state index contributed by atoms with van der Waals surface area (Å²) in [5, 5.41) is 11.8. The fourth-order valence-corrected chi connectivity index (χ4v) is 5.00. The Morgan fingerprint density at radius 2 is 1.45 bits per heavy atom. The number of ether oxygens (including phenoxy) is 7. The lowest BCUT2D eigenvalue weighted by Crippen LogP contribution is -2.78. The van der Waals surface area contributed by atoms with Gasteiger partial charge in [-0.25, -0.2) is 0 Å². The molecule has 0 bridgehead atoms. The molecule has 3 N–H and O–H groups in total. The molecule has 2 rings (SSSR count). The zero-order valence-corrected chi connectivity index (χ0v) is 24.8. The average molecular weight is 543 g/mol. The Morgan fingerprint density at radius 1 is 0.895 bits per heavy atom. The summed E-state index contributed by atoms with van der Waals surface area (Å²) in [4.78, 5) is 1.95. The minimum Gasteiger partial charge on any atom is -0.399 e. The lowest BCUT2D eigenvalue weighted by Gasteiger charge is -2.61. The second-order valence-electron chi connectivity index (χ2n) is 9.74. The number of anilines is 2. The van der Waals surface area contributed by atoms with Crippen molar-refractivity contribution in [2.45, 2.75) is 92.1 Å². The summed E-state index contributed by atoms with van der Waals surface area (Å²) in [7, 11) is 0. The van der Waals surface area contributed by atoms with Gasteiger partial charge in [0, 0.05) is 56.6 Å². The van der Waals surface area contributed by atoms with Gasteiger partial charge >= 0.3 is 17.9 Å². The van der Waals surface area contributed by atoms with E-state index < -0.39 is 23.4 Å². The first-order chi connectivity index (χ1) is 18.0. The maximum absolute atomic E-state index is 11.8. The predicted molar refractivity (Wildman–Crippen MR) is 146 cm³/mol. The van der Waals surface area contributed by atoms with Crippen LogP contribution in [0.25, 0.3) is 0 Å². The lowest BCUT2D eigenvalue weighted by atomic mass is 9.77. The van der Waals surface area contributed by atoms with Gasteiger partial charge in [-0.05, 0) is 91.5 Å². The van der Waals surface area contributed by atoms with Crippen molar-refractivity contribution in [2.75, 3.05) is 56.9 Å². The monoisotopic (exact) mass is 542 g/mol. The number of rotatable bonds is 17. The predicted octanol–water partition coefficient (Wildman–Crippen LogP) is 4.24. The number of benzene rings is 1. The molecular weight excluding hydrogens is 492 g/mol. The zero-order valence-electron chi connectivity index (χ0n) is 24.8. The number of hydrogen-bond acceptors (Lipinski definition) is 10. The SMILES string of the molecule is CCOCC(O)(OCC)OC(OCC)(N1c2ccc(N)cc2CC(C)C1(C)C)C(OCC)(OCC)OCC. The molecule has 1 aliphatic heterocycles. The van der Waals surface area contributed by atoms with Gasteiger partial charge in [-0.15, -0.1) is 0 Å². The highest BCUT2D eigenvalue weighted by Crippen LogP contribution is 2.51. The second kappa shape index (κ2) is 13.7. The molecule has 1 aromatic rings. The lowest BCUT2D eigenvalue weighted by molar-refractivity contribution is -0.547. The van der Waals surface area contributed by atoms with Crippen LogP contribution in [0.4, 0.5) is 11.4 Å². The zero-order chi connectivity index (χ0) is 28.6. The smallest absolute Gasteiger partial charge is 0.363 e. The van der Waals surface area contributed by atoms with Crippen LogP contribution in [-0.4, -0.2) is 74.8 Å². The molecule has 0 spiro atoms. The van der Waals surface area contributed by atoms with Gasteiger partial charge in [-0.1, -0.05) is 6.92 Å². The van der Waals surface area contributed by atoms with Crippen LogP contribution in [-0.2, 0) is 39.6 Å². The fourth-order valence-electron chi connectivity index (χ4n) is 5.00. The third kappa shape index (κ3) is 6.45. The van der Waals surface area contributed by atoms with Crippen LogP contribution >= 0.6 is 0 Å². The molecular formula is C28H50N2O8. The summed E-state index contributed by atoms with van der Waals surface area (Å²) in [5.41, 5.74) is 8.01. The van der Waals surface area contributed by atoms with Gasteiger partial charge in [-0.2, -0.15) is 0 Å². The number of aliphatic hydroxyl groups is 1. The number of nitrogen functional groups attached to an aromatic ring is 1. The molecule has 10 nitrogen and oxygen atoms in total. The number of nitrogens with zero attached hydrogens (tertiary/aromatic N) is 1. The van der Waals surface area contributed by atoms with Crippen LogP contribution in [0.5, 0.6) is 0 Å². The molecule has 0 fully saturated rings. The van der Waals surface area contributed by atoms with Crippen molar-refractivity contribution >= 4 is 11.4 Å². The summed E-state index contributed by atoms with van der Waals surface area (Å²) in [6, 6.07) is 5.70. The molecule has 1 aromatic carbocycles. The van der Waals surface area contributed by atoms with Gasteiger partial charge in [0.2, 0.25) is 0 Å². The van der Waals surface area contributed by atoms with Gasteiger partial charge in [0.1, 0.15) is 6.61 Å². The third-order valence-corrected chi connectivity index (χ3v) is 6.83. The molecule has 1 aliphatic rings. The van der Waals surface area contributed by atoms with E-state index in [1.165, 1.54) is 0 Å². The van der Waals surface area contributed by atoms with E-state index in [-0.39, 0.29) is 45.6 Å². The number of hydrogen-bond donors (Lipinski definition) is 2. The van der Waals surface area contributed by atoms with Crippen LogP contribution in [0.15, 0.2) is 18.2 Å². The van der Waals surface area contributed by atoms with Crippen molar-refractivity contribution in [2.24, 2.45) is 5.92 Å². The van der Waals surface area contributed by atoms with Crippen molar-refractivity contribution in [3.8, 4) is 0 Å². The summed E-state index contributed by atoms with van der Waals surface area (Å²) in [5.74, 6) is -6.09. The average Bonchev–Trinajstić information content (AvgIpc) is 2.84. The van der Waals surface area contributed by atoms with Gasteiger partial charge in [0.05, 0.1) is 0 Å². The maximum atomic E-state index is 11.8. The summed E-state index contributed by atoms with van der Waals surface area (Å²) in [6.07, 6.45) is 0.770. The van der Waals surface area contributed by atoms with Gasteiger partial charge in [-0.3, -0.25) is 4.74 Å². The largest absolute Gasteiger partial charge is 0.399 e. The molecule has 0 amide bonds. The van der Waals surface area contributed by atoms with E-state index in [1.807, 2.05) is 57.7 Å². The van der Waals surface area contributed by atoms with Crippen LogP contribution in [0, 0.1) is 5.92 Å². The molecule has 0 aromatic heterocycles. The van der Waals surface area contributed by atoms with Crippen LogP contribution < -0.4 is 10.6 Å². The Morgan fingerprint density at radius 3 is 1.95 bits per heavy atom. The Balaban J connectivity index is 3.03. The number of nitrogens with two attached hydrogens (primary N) is 1. The van der Waals surface area contributed by atoms with E-state index >= 15 is 0 Å². The molecule has 1 heterocycles. The quantitative estimate of drug-likeness (QED) is 0.219. The van der Waals surface area contributed by atoms with Gasteiger partial charge in [0.25, 0.3) is 0 Å². The summed E-state index contributed by atoms with van der Waals surface area (Å²) >= 11 is 0. The van der Waals surface area contributed by atoms with E-state index in [0.717, 1.165) is 17.7 Å². The van der Waals surface area contributed by atoms with Crippen molar-refractivity contribution in [1.29, 1.82) is 0 Å². The van der Waals surface area contributed by atoms with E-state index in [1.54, 1.807) is 6.92 Å². The van der Waals surface area contributed by atoms with Crippen molar-refractivity contribution < 1.29 is 38.3 Å². The van der Waals surface area contributed by atoms with E-state index in [9.17, 15) is 5.11 Å². The molecule has 38 heavy (non-hydrogen) atoms. The van der Waals surface area contributed by atoms with Crippen LogP contribution in [0.3, 0.4) is 0 Å². The minimum absolute atomic E-state index is 0.0925.